The number of carbonyl (C=O) groups excluding carboxylic acids is 2. The highest BCUT2D eigenvalue weighted by Crippen LogP contribution is 2.47. The summed E-state index contributed by atoms with van der Waals surface area (Å²) in [4.78, 5) is 35.8. The van der Waals surface area contributed by atoms with Gasteiger partial charge < -0.3 is 19.9 Å². The normalized spacial score (nSPS) is 23.7. The predicted molar refractivity (Wildman–Crippen MR) is 84.2 cm³/mol. The molecule has 1 aliphatic carbocycles. The van der Waals surface area contributed by atoms with E-state index >= 15 is 0 Å². The Kier molecular flexibility index (Phi) is 4.01. The summed E-state index contributed by atoms with van der Waals surface area (Å²) < 4.78 is 9.60. The summed E-state index contributed by atoms with van der Waals surface area (Å²) in [7, 11) is 2.53. The van der Waals surface area contributed by atoms with Crippen molar-refractivity contribution in [1.29, 1.82) is 0 Å². The maximum absolute atomic E-state index is 12.1. The molecule has 24 heavy (non-hydrogen) atoms. The molecule has 126 valence electrons. The summed E-state index contributed by atoms with van der Waals surface area (Å²) in [6.07, 6.45) is 4.36. The Morgan fingerprint density at radius 2 is 1.75 bits per heavy atom. The number of aliphatic carboxylic acids is 1. The van der Waals surface area contributed by atoms with Gasteiger partial charge in [0.2, 0.25) is 0 Å². The molecule has 0 fully saturated rings. The molecular weight excluding hydrogens is 314 g/mol. The van der Waals surface area contributed by atoms with Crippen LogP contribution in [-0.2, 0) is 14.3 Å². The van der Waals surface area contributed by atoms with E-state index in [4.69, 9.17) is 9.47 Å². The van der Waals surface area contributed by atoms with E-state index in [1.165, 1.54) is 26.4 Å². The van der Waals surface area contributed by atoms with E-state index in [2.05, 4.69) is 5.32 Å². The van der Waals surface area contributed by atoms with Gasteiger partial charge in [-0.15, -0.1) is 0 Å². The van der Waals surface area contributed by atoms with E-state index in [-0.39, 0.29) is 17.4 Å². The molecule has 1 heterocycles. The molecule has 0 amide bonds. The van der Waals surface area contributed by atoms with Gasteiger partial charge in [-0.05, 0) is 24.1 Å². The van der Waals surface area contributed by atoms with Gasteiger partial charge in [0.1, 0.15) is 6.04 Å². The number of carboxylic acids is 1. The van der Waals surface area contributed by atoms with E-state index < -0.39 is 23.9 Å². The van der Waals surface area contributed by atoms with Gasteiger partial charge in [-0.1, -0.05) is 12.2 Å². The topological polar surface area (TPSA) is 102 Å². The summed E-state index contributed by atoms with van der Waals surface area (Å²) in [5.74, 6) is -2.64. The maximum atomic E-state index is 12.1. The van der Waals surface area contributed by atoms with E-state index in [1.54, 1.807) is 0 Å². The van der Waals surface area contributed by atoms with Crippen LogP contribution in [0.2, 0.25) is 0 Å². The average Bonchev–Trinajstić information content (AvgIpc) is 3.08. The summed E-state index contributed by atoms with van der Waals surface area (Å²) in [6.45, 7) is 0. The Hall–Kier alpha value is -2.83. The SMILES string of the molecule is COC(=O)c1ccc(C(=O)OC)c2c1N[C@@H](C(=O)O)[C@@H]1CC=C[C@H]21. The van der Waals surface area contributed by atoms with Crippen molar-refractivity contribution in [3.05, 3.63) is 41.0 Å². The van der Waals surface area contributed by atoms with Crippen molar-refractivity contribution in [2.75, 3.05) is 19.5 Å². The van der Waals surface area contributed by atoms with Crippen molar-refractivity contribution in [1.82, 2.24) is 0 Å². The lowest BCUT2D eigenvalue weighted by Gasteiger charge is -2.36. The highest BCUT2D eigenvalue weighted by Gasteiger charge is 2.44. The van der Waals surface area contributed by atoms with Crippen LogP contribution in [0.3, 0.4) is 0 Å². The van der Waals surface area contributed by atoms with Crippen LogP contribution in [0, 0.1) is 5.92 Å². The highest BCUT2D eigenvalue weighted by atomic mass is 16.5. The van der Waals surface area contributed by atoms with Crippen LogP contribution in [0.15, 0.2) is 24.3 Å². The van der Waals surface area contributed by atoms with Crippen LogP contribution in [0.4, 0.5) is 5.69 Å². The zero-order valence-electron chi connectivity index (χ0n) is 13.2. The number of ether oxygens (including phenoxy) is 2. The monoisotopic (exact) mass is 331 g/mol. The fraction of sp³-hybridized carbons (Fsp3) is 0.353. The molecule has 7 nitrogen and oxygen atoms in total. The second-order valence-electron chi connectivity index (χ2n) is 5.75. The Bertz CT molecular complexity index is 754. The molecule has 0 unspecified atom stereocenters. The number of fused-ring (bicyclic) bond motifs is 3. The lowest BCUT2D eigenvalue weighted by molar-refractivity contribution is -0.139. The molecule has 1 aromatic carbocycles. The largest absolute Gasteiger partial charge is 0.480 e. The first kappa shape index (κ1) is 16.0. The zero-order valence-corrected chi connectivity index (χ0v) is 13.2. The molecular formula is C17H17NO6. The number of carbonyl (C=O) groups is 3. The van der Waals surface area contributed by atoms with Crippen molar-refractivity contribution >= 4 is 23.6 Å². The van der Waals surface area contributed by atoms with Crippen molar-refractivity contribution in [2.24, 2.45) is 5.92 Å². The van der Waals surface area contributed by atoms with Crippen LogP contribution >= 0.6 is 0 Å². The smallest absolute Gasteiger partial charge is 0.339 e. The van der Waals surface area contributed by atoms with Crippen molar-refractivity contribution in [2.45, 2.75) is 18.4 Å². The Morgan fingerprint density at radius 3 is 2.38 bits per heavy atom. The highest BCUT2D eigenvalue weighted by molar-refractivity contribution is 6.02. The molecule has 0 bridgehead atoms. The van der Waals surface area contributed by atoms with Crippen LogP contribution in [-0.4, -0.2) is 43.3 Å². The number of esters is 2. The standard InChI is InChI=1S/C17H17NO6/c1-23-16(21)10-6-7-11(17(22)24-2)13-12(10)8-4-3-5-9(8)14(18-13)15(19)20/h3-4,6-9,14,18H,5H2,1-2H3,(H,19,20)/t8-,9+,14+/m0/s1. The third kappa shape index (κ3) is 2.33. The lowest BCUT2D eigenvalue weighted by atomic mass is 9.76. The van der Waals surface area contributed by atoms with Gasteiger partial charge in [-0.2, -0.15) is 0 Å². The number of nitrogens with one attached hydrogen (secondary N) is 1. The van der Waals surface area contributed by atoms with Crippen LogP contribution < -0.4 is 5.32 Å². The molecule has 7 heteroatoms. The van der Waals surface area contributed by atoms with Gasteiger partial charge in [0.15, 0.2) is 0 Å². The third-order valence-corrected chi connectivity index (χ3v) is 4.60. The fourth-order valence-electron chi connectivity index (χ4n) is 3.52. The first-order valence-corrected chi connectivity index (χ1v) is 7.49. The van der Waals surface area contributed by atoms with Crippen LogP contribution in [0.5, 0.6) is 0 Å². The van der Waals surface area contributed by atoms with Gasteiger partial charge in [0.05, 0.1) is 31.0 Å². The second kappa shape index (κ2) is 5.99. The Balaban J connectivity index is 2.24. The lowest BCUT2D eigenvalue weighted by Crippen LogP contribution is -2.43. The molecule has 3 atom stereocenters. The molecule has 0 radical (unpaired) electrons. The van der Waals surface area contributed by atoms with E-state index in [0.717, 1.165) is 0 Å². The molecule has 0 saturated heterocycles. The molecule has 0 spiro atoms. The second-order valence-corrected chi connectivity index (χ2v) is 5.75. The van der Waals surface area contributed by atoms with E-state index in [1.807, 2.05) is 12.2 Å². The minimum atomic E-state index is -1.00. The summed E-state index contributed by atoms with van der Waals surface area (Å²) in [6, 6.07) is 2.11. The zero-order chi connectivity index (χ0) is 17.4. The number of benzene rings is 1. The van der Waals surface area contributed by atoms with Gasteiger partial charge in [-0.25, -0.2) is 14.4 Å². The number of hydrogen-bond acceptors (Lipinski definition) is 6. The number of allylic oxidation sites excluding steroid dienone is 2. The number of carboxylic acid groups (broad SMARTS) is 1. The van der Waals surface area contributed by atoms with Crippen molar-refractivity contribution in [3.63, 3.8) is 0 Å². The maximum Gasteiger partial charge on any atom is 0.339 e. The third-order valence-electron chi connectivity index (χ3n) is 4.60. The number of anilines is 1. The van der Waals surface area contributed by atoms with Crippen molar-refractivity contribution < 1.29 is 29.0 Å². The first-order chi connectivity index (χ1) is 11.5. The number of methoxy groups -OCH3 is 2. The Labute approximate surface area is 138 Å². The molecule has 0 saturated carbocycles. The van der Waals surface area contributed by atoms with E-state index in [0.29, 0.717) is 23.2 Å². The van der Waals surface area contributed by atoms with Gasteiger partial charge in [-0.3, -0.25) is 0 Å². The molecule has 2 aliphatic rings. The quantitative estimate of drug-likeness (QED) is 0.643. The summed E-state index contributed by atoms with van der Waals surface area (Å²) in [5, 5.41) is 12.4. The first-order valence-electron chi connectivity index (χ1n) is 7.49. The van der Waals surface area contributed by atoms with Gasteiger partial charge in [0, 0.05) is 11.8 Å². The van der Waals surface area contributed by atoms with Crippen molar-refractivity contribution in [3.8, 4) is 0 Å². The van der Waals surface area contributed by atoms with E-state index in [9.17, 15) is 19.5 Å². The molecule has 3 rings (SSSR count). The number of hydrogen-bond donors (Lipinski definition) is 2. The minimum Gasteiger partial charge on any atom is -0.480 e. The molecule has 0 aromatic heterocycles. The molecule has 1 aromatic rings. The van der Waals surface area contributed by atoms with Gasteiger partial charge in [0.25, 0.3) is 0 Å². The molecule has 1 aliphatic heterocycles. The fourth-order valence-corrected chi connectivity index (χ4v) is 3.52. The Morgan fingerprint density at radius 1 is 1.12 bits per heavy atom. The number of rotatable bonds is 3. The van der Waals surface area contributed by atoms with Crippen LogP contribution in [0.1, 0.15) is 38.6 Å². The van der Waals surface area contributed by atoms with Gasteiger partial charge >= 0.3 is 17.9 Å². The predicted octanol–water partition coefficient (Wildman–Crippen LogP) is 1.80. The average molecular weight is 331 g/mol. The summed E-state index contributed by atoms with van der Waals surface area (Å²) >= 11 is 0. The summed E-state index contributed by atoms with van der Waals surface area (Å²) in [5.41, 5.74) is 1.43. The van der Waals surface area contributed by atoms with Crippen LogP contribution in [0.25, 0.3) is 0 Å². The minimum absolute atomic E-state index is 0.199. The molecule has 2 N–H and O–H groups in total.